The van der Waals surface area contributed by atoms with E-state index in [1.165, 1.54) is 0 Å². The van der Waals surface area contributed by atoms with Crippen LogP contribution in [0.1, 0.15) is 34.1 Å². The van der Waals surface area contributed by atoms with Gasteiger partial charge in [-0.15, -0.1) is 0 Å². The molecule has 5 heteroatoms. The highest BCUT2D eigenvalue weighted by atomic mass is 19.4. The minimum absolute atomic E-state index is 0.303. The van der Waals surface area contributed by atoms with Gasteiger partial charge in [0.25, 0.3) is 0 Å². The van der Waals surface area contributed by atoms with Crippen molar-refractivity contribution < 1.29 is 17.9 Å². The van der Waals surface area contributed by atoms with E-state index in [1.807, 2.05) is 13.8 Å². The van der Waals surface area contributed by atoms with E-state index in [9.17, 15) is 13.2 Å². The van der Waals surface area contributed by atoms with Gasteiger partial charge in [-0.1, -0.05) is 6.92 Å². The monoisotopic (exact) mass is 227 g/mol. The average molecular weight is 227 g/mol. The molecule has 0 aliphatic carbocycles. The van der Waals surface area contributed by atoms with Crippen LogP contribution in [0.25, 0.3) is 0 Å². The number of hydrogen-bond acceptors (Lipinski definition) is 2. The van der Waals surface area contributed by atoms with E-state index in [0.29, 0.717) is 12.6 Å². The topological polar surface area (TPSA) is 21.3 Å². The fourth-order valence-corrected chi connectivity index (χ4v) is 0.985. The normalized spacial score (nSPS) is 18.6. The van der Waals surface area contributed by atoms with Crippen molar-refractivity contribution in [2.75, 3.05) is 6.54 Å². The molecule has 0 rings (SSSR count). The third kappa shape index (κ3) is 6.73. The summed E-state index contributed by atoms with van der Waals surface area (Å²) < 4.78 is 41.2. The minimum Gasteiger partial charge on any atom is -0.365 e. The van der Waals surface area contributed by atoms with Crippen molar-refractivity contribution in [2.24, 2.45) is 0 Å². The summed E-state index contributed by atoms with van der Waals surface area (Å²) in [5.41, 5.74) is 0. The van der Waals surface area contributed by atoms with E-state index in [4.69, 9.17) is 4.74 Å². The lowest BCUT2D eigenvalue weighted by atomic mass is 10.2. The molecule has 0 aromatic carbocycles. The zero-order chi connectivity index (χ0) is 12.1. The zero-order valence-corrected chi connectivity index (χ0v) is 9.69. The van der Waals surface area contributed by atoms with Crippen molar-refractivity contribution in [2.45, 2.75) is 58.5 Å². The summed E-state index contributed by atoms with van der Waals surface area (Å²) in [6.07, 6.45) is -5.46. The Kier molecular flexibility index (Phi) is 6.20. The molecule has 0 spiro atoms. The average Bonchev–Trinajstić information content (AvgIpc) is 2.12. The molecular formula is C10H20F3NO. The molecule has 0 aromatic rings. The highest BCUT2D eigenvalue weighted by Crippen LogP contribution is 2.23. The fraction of sp³-hybridized carbons (Fsp3) is 1.00. The Hall–Kier alpha value is -0.290. The zero-order valence-electron chi connectivity index (χ0n) is 9.69. The molecule has 0 amide bonds. The van der Waals surface area contributed by atoms with Crippen molar-refractivity contribution >= 4 is 0 Å². The Morgan fingerprint density at radius 2 is 1.73 bits per heavy atom. The molecule has 0 heterocycles. The molecule has 1 N–H and O–H groups in total. The predicted molar refractivity (Wildman–Crippen MR) is 53.8 cm³/mol. The summed E-state index contributed by atoms with van der Waals surface area (Å²) in [6, 6.07) is 0.303. The first-order valence-electron chi connectivity index (χ1n) is 5.22. The number of hydrogen-bond donors (Lipinski definition) is 1. The van der Waals surface area contributed by atoms with Crippen LogP contribution in [-0.4, -0.2) is 31.0 Å². The van der Waals surface area contributed by atoms with Crippen molar-refractivity contribution in [1.82, 2.24) is 5.32 Å². The molecule has 92 valence electrons. The lowest BCUT2D eigenvalue weighted by Gasteiger charge is -2.22. The molecule has 2 nitrogen and oxygen atoms in total. The van der Waals surface area contributed by atoms with Crippen LogP contribution in [0.15, 0.2) is 0 Å². The number of halogens is 3. The van der Waals surface area contributed by atoms with Gasteiger partial charge in [0.15, 0.2) is 6.10 Å². The lowest BCUT2D eigenvalue weighted by molar-refractivity contribution is -0.224. The van der Waals surface area contributed by atoms with E-state index in [2.05, 4.69) is 5.32 Å². The summed E-state index contributed by atoms with van der Waals surface area (Å²) in [4.78, 5) is 0. The molecule has 0 aliphatic rings. The maximum absolute atomic E-state index is 12.1. The number of alkyl halides is 3. The predicted octanol–water partition coefficient (Wildman–Crippen LogP) is 2.73. The van der Waals surface area contributed by atoms with E-state index in [1.54, 1.807) is 6.92 Å². The largest absolute Gasteiger partial charge is 0.414 e. The molecule has 3 unspecified atom stereocenters. The van der Waals surface area contributed by atoms with Crippen LogP contribution in [0.3, 0.4) is 0 Å². The van der Waals surface area contributed by atoms with Gasteiger partial charge in [-0.25, -0.2) is 0 Å². The SMILES string of the molecule is CCC(C)NCC(C)OC(C)C(F)(F)F. The van der Waals surface area contributed by atoms with Crippen molar-refractivity contribution in [3.63, 3.8) is 0 Å². The van der Waals surface area contributed by atoms with Gasteiger partial charge in [0, 0.05) is 12.6 Å². The van der Waals surface area contributed by atoms with Crippen LogP contribution in [0.4, 0.5) is 13.2 Å². The second kappa shape index (κ2) is 6.33. The Balaban J connectivity index is 3.79. The van der Waals surface area contributed by atoms with Crippen LogP contribution in [0.2, 0.25) is 0 Å². The van der Waals surface area contributed by atoms with Crippen LogP contribution in [0, 0.1) is 0 Å². The molecule has 0 radical (unpaired) electrons. The molecule has 0 bridgehead atoms. The summed E-state index contributed by atoms with van der Waals surface area (Å²) >= 11 is 0. The Morgan fingerprint density at radius 1 is 1.20 bits per heavy atom. The molecular weight excluding hydrogens is 207 g/mol. The quantitative estimate of drug-likeness (QED) is 0.753. The van der Waals surface area contributed by atoms with Crippen LogP contribution < -0.4 is 5.32 Å². The molecule has 0 fully saturated rings. The smallest absolute Gasteiger partial charge is 0.365 e. The Bertz CT molecular complexity index is 173. The van der Waals surface area contributed by atoms with Gasteiger partial charge < -0.3 is 10.1 Å². The molecule has 0 aliphatic heterocycles. The van der Waals surface area contributed by atoms with Crippen LogP contribution >= 0.6 is 0 Å². The molecule has 0 saturated carbocycles. The molecule has 0 saturated heterocycles. The molecule has 0 aromatic heterocycles. The second-order valence-electron chi connectivity index (χ2n) is 3.85. The van der Waals surface area contributed by atoms with Gasteiger partial charge in [-0.2, -0.15) is 13.2 Å². The number of rotatable bonds is 6. The van der Waals surface area contributed by atoms with Gasteiger partial charge in [0.2, 0.25) is 0 Å². The van der Waals surface area contributed by atoms with E-state index in [-0.39, 0.29) is 0 Å². The van der Waals surface area contributed by atoms with Gasteiger partial charge in [-0.3, -0.25) is 0 Å². The summed E-state index contributed by atoms with van der Waals surface area (Å²) in [5.74, 6) is 0. The van der Waals surface area contributed by atoms with Crippen LogP contribution in [-0.2, 0) is 4.74 Å². The second-order valence-corrected chi connectivity index (χ2v) is 3.85. The number of ether oxygens (including phenoxy) is 1. The fourth-order valence-electron chi connectivity index (χ4n) is 0.985. The maximum Gasteiger partial charge on any atom is 0.414 e. The van der Waals surface area contributed by atoms with Gasteiger partial charge in [-0.05, 0) is 27.2 Å². The number of nitrogens with one attached hydrogen (secondary N) is 1. The van der Waals surface area contributed by atoms with Crippen molar-refractivity contribution in [3.8, 4) is 0 Å². The highest BCUT2D eigenvalue weighted by molar-refractivity contribution is 4.66. The first kappa shape index (κ1) is 14.7. The van der Waals surface area contributed by atoms with Gasteiger partial charge in [0.1, 0.15) is 0 Å². The molecule has 3 atom stereocenters. The standard InChI is InChI=1S/C10H20F3NO/c1-5-7(2)14-6-8(3)15-9(4)10(11,12)13/h7-9,14H,5-6H2,1-4H3. The minimum atomic E-state index is -4.27. The summed E-state index contributed by atoms with van der Waals surface area (Å²) in [5, 5.41) is 3.10. The van der Waals surface area contributed by atoms with E-state index < -0.39 is 18.4 Å². The Morgan fingerprint density at radius 3 is 2.13 bits per heavy atom. The van der Waals surface area contributed by atoms with Gasteiger partial charge in [0.05, 0.1) is 6.10 Å². The van der Waals surface area contributed by atoms with E-state index in [0.717, 1.165) is 13.3 Å². The van der Waals surface area contributed by atoms with Gasteiger partial charge >= 0.3 is 6.18 Å². The third-order valence-electron chi connectivity index (χ3n) is 2.26. The van der Waals surface area contributed by atoms with Crippen LogP contribution in [0.5, 0.6) is 0 Å². The third-order valence-corrected chi connectivity index (χ3v) is 2.26. The summed E-state index contributed by atoms with van der Waals surface area (Å²) in [7, 11) is 0. The first-order valence-corrected chi connectivity index (χ1v) is 5.22. The van der Waals surface area contributed by atoms with Crippen molar-refractivity contribution in [3.05, 3.63) is 0 Å². The van der Waals surface area contributed by atoms with E-state index >= 15 is 0 Å². The summed E-state index contributed by atoms with van der Waals surface area (Å²) in [6.45, 7) is 7.11. The first-order chi connectivity index (χ1) is 6.77. The maximum atomic E-state index is 12.1. The molecule has 15 heavy (non-hydrogen) atoms. The highest BCUT2D eigenvalue weighted by Gasteiger charge is 2.37. The lowest BCUT2D eigenvalue weighted by Crippen LogP contribution is -2.38. The van der Waals surface area contributed by atoms with Crippen molar-refractivity contribution in [1.29, 1.82) is 0 Å². The Labute approximate surface area is 89.2 Å².